The van der Waals surface area contributed by atoms with E-state index in [9.17, 15) is 0 Å². The van der Waals surface area contributed by atoms with E-state index in [-0.39, 0.29) is 6.04 Å². The fourth-order valence-corrected chi connectivity index (χ4v) is 0.993. The maximum Gasteiger partial charge on any atom is 0.102 e. The van der Waals surface area contributed by atoms with Gasteiger partial charge in [-0.3, -0.25) is 5.32 Å². The van der Waals surface area contributed by atoms with Crippen molar-refractivity contribution in [2.75, 3.05) is 6.54 Å². The fraction of sp³-hybridized carbons (Fsp3) is 1.00. The van der Waals surface area contributed by atoms with E-state index in [0.29, 0.717) is 0 Å². The number of aliphatic hydroxyl groups excluding tert-OH is 1. The van der Waals surface area contributed by atoms with E-state index in [1.54, 1.807) is 6.92 Å². The second-order valence-corrected chi connectivity index (χ2v) is 2.97. The molecule has 0 aliphatic heterocycles. The lowest BCUT2D eigenvalue weighted by molar-refractivity contribution is 0.155. The second-order valence-electron chi connectivity index (χ2n) is 2.97. The number of rotatable bonds is 6. The minimum Gasteiger partial charge on any atom is -0.379 e. The molecule has 0 radical (unpaired) electrons. The van der Waals surface area contributed by atoms with Crippen molar-refractivity contribution < 1.29 is 5.11 Å². The number of hydrogen-bond donors (Lipinski definition) is 3. The van der Waals surface area contributed by atoms with Gasteiger partial charge in [0, 0.05) is 6.04 Å². The minimum atomic E-state index is -0.413. The summed E-state index contributed by atoms with van der Waals surface area (Å²) in [5.41, 5.74) is 5.75. The van der Waals surface area contributed by atoms with Gasteiger partial charge in [-0.25, -0.2) is 0 Å². The second kappa shape index (κ2) is 6.58. The Kier molecular flexibility index (Phi) is 6.51. The molecule has 4 N–H and O–H groups in total. The monoisotopic (exact) mass is 160 g/mol. The molecule has 0 aromatic rings. The van der Waals surface area contributed by atoms with E-state index in [2.05, 4.69) is 12.2 Å². The first-order valence-corrected chi connectivity index (χ1v) is 4.33. The minimum absolute atomic E-state index is 0.284. The highest BCUT2D eigenvalue weighted by Crippen LogP contribution is 1.96. The number of nitrogens with one attached hydrogen (secondary N) is 1. The van der Waals surface area contributed by atoms with Gasteiger partial charge in [0.05, 0.1) is 0 Å². The first-order chi connectivity index (χ1) is 5.16. The molecule has 2 unspecified atom stereocenters. The third kappa shape index (κ3) is 7.78. The van der Waals surface area contributed by atoms with Gasteiger partial charge in [0.25, 0.3) is 0 Å². The summed E-state index contributed by atoms with van der Waals surface area (Å²) in [6.45, 7) is 4.64. The maximum atomic E-state index is 8.84. The van der Waals surface area contributed by atoms with Gasteiger partial charge < -0.3 is 10.8 Å². The normalized spacial score (nSPS) is 16.4. The highest BCUT2D eigenvalue weighted by molar-refractivity contribution is 4.61. The van der Waals surface area contributed by atoms with E-state index < -0.39 is 6.23 Å². The van der Waals surface area contributed by atoms with Gasteiger partial charge in [0.15, 0.2) is 0 Å². The summed E-state index contributed by atoms with van der Waals surface area (Å²) in [5.74, 6) is 0. The molecule has 68 valence electrons. The van der Waals surface area contributed by atoms with Crippen molar-refractivity contribution in [1.29, 1.82) is 0 Å². The Morgan fingerprint density at radius 1 is 1.45 bits per heavy atom. The molecule has 0 aromatic heterocycles. The summed E-state index contributed by atoms with van der Waals surface area (Å²) < 4.78 is 0. The molecular formula is C8H20N2O. The topological polar surface area (TPSA) is 58.3 Å². The standard InChI is InChI=1S/C8H20N2O/c1-3-4-8(9)5-6-10-7(2)11/h7-8,10-11H,3-6,9H2,1-2H3. The third-order valence-electron chi connectivity index (χ3n) is 1.61. The first kappa shape index (κ1) is 10.9. The smallest absolute Gasteiger partial charge is 0.102 e. The lowest BCUT2D eigenvalue weighted by atomic mass is 10.1. The molecule has 11 heavy (non-hydrogen) atoms. The van der Waals surface area contributed by atoms with Gasteiger partial charge in [-0.1, -0.05) is 13.3 Å². The number of nitrogens with two attached hydrogens (primary N) is 1. The largest absolute Gasteiger partial charge is 0.379 e. The average molecular weight is 160 g/mol. The molecule has 3 heteroatoms. The molecule has 0 spiro atoms. The number of aliphatic hydroxyl groups is 1. The maximum absolute atomic E-state index is 8.84. The SMILES string of the molecule is CCCC(N)CCNC(C)O. The zero-order valence-electron chi connectivity index (χ0n) is 7.51. The lowest BCUT2D eigenvalue weighted by Crippen LogP contribution is -2.31. The van der Waals surface area contributed by atoms with Crippen LogP contribution in [0.5, 0.6) is 0 Å². The van der Waals surface area contributed by atoms with Crippen LogP contribution >= 0.6 is 0 Å². The van der Waals surface area contributed by atoms with Crippen molar-refractivity contribution in [3.05, 3.63) is 0 Å². The summed E-state index contributed by atoms with van der Waals surface area (Å²) in [4.78, 5) is 0. The molecule has 0 amide bonds. The Morgan fingerprint density at radius 3 is 2.55 bits per heavy atom. The van der Waals surface area contributed by atoms with Crippen LogP contribution < -0.4 is 11.1 Å². The highest BCUT2D eigenvalue weighted by Gasteiger charge is 2.00. The molecule has 0 rings (SSSR count). The Hall–Kier alpha value is -0.120. The van der Waals surface area contributed by atoms with E-state index in [0.717, 1.165) is 25.8 Å². The summed E-state index contributed by atoms with van der Waals surface area (Å²) in [7, 11) is 0. The Balaban J connectivity index is 3.10. The van der Waals surface area contributed by atoms with Crippen molar-refractivity contribution in [3.8, 4) is 0 Å². The number of hydrogen-bond acceptors (Lipinski definition) is 3. The Bertz CT molecular complexity index is 86.2. The van der Waals surface area contributed by atoms with Crippen molar-refractivity contribution in [3.63, 3.8) is 0 Å². The van der Waals surface area contributed by atoms with Gasteiger partial charge in [-0.05, 0) is 26.3 Å². The van der Waals surface area contributed by atoms with Crippen LogP contribution in [0.15, 0.2) is 0 Å². The predicted molar refractivity (Wildman–Crippen MR) is 47.2 cm³/mol. The molecule has 0 aliphatic carbocycles. The van der Waals surface area contributed by atoms with Crippen LogP contribution in [0, 0.1) is 0 Å². The van der Waals surface area contributed by atoms with Crippen molar-refractivity contribution in [2.45, 2.75) is 45.4 Å². The predicted octanol–water partition coefficient (Wildman–Crippen LogP) is 0.432. The van der Waals surface area contributed by atoms with Crippen molar-refractivity contribution in [2.24, 2.45) is 5.73 Å². The summed E-state index contributed by atoms with van der Waals surface area (Å²) in [6, 6.07) is 0.284. The van der Waals surface area contributed by atoms with Crippen LogP contribution in [0.4, 0.5) is 0 Å². The summed E-state index contributed by atoms with van der Waals surface area (Å²) in [5, 5.41) is 11.8. The highest BCUT2D eigenvalue weighted by atomic mass is 16.3. The van der Waals surface area contributed by atoms with Gasteiger partial charge in [-0.2, -0.15) is 0 Å². The molecule has 2 atom stereocenters. The molecule has 0 saturated heterocycles. The molecule has 0 heterocycles. The first-order valence-electron chi connectivity index (χ1n) is 4.33. The fourth-order valence-electron chi connectivity index (χ4n) is 0.993. The molecule has 0 saturated carbocycles. The third-order valence-corrected chi connectivity index (χ3v) is 1.61. The van der Waals surface area contributed by atoms with Gasteiger partial charge in [-0.15, -0.1) is 0 Å². The Morgan fingerprint density at radius 2 is 2.09 bits per heavy atom. The van der Waals surface area contributed by atoms with E-state index in [1.807, 2.05) is 0 Å². The van der Waals surface area contributed by atoms with Gasteiger partial charge in [0.2, 0.25) is 0 Å². The van der Waals surface area contributed by atoms with Crippen molar-refractivity contribution in [1.82, 2.24) is 5.32 Å². The molecule has 0 aromatic carbocycles. The van der Waals surface area contributed by atoms with E-state index in [4.69, 9.17) is 10.8 Å². The van der Waals surface area contributed by atoms with Crippen LogP contribution in [0.1, 0.15) is 33.1 Å². The Labute approximate surface area is 69.0 Å². The molecule has 0 fully saturated rings. The van der Waals surface area contributed by atoms with Gasteiger partial charge >= 0.3 is 0 Å². The van der Waals surface area contributed by atoms with Crippen LogP contribution in [-0.2, 0) is 0 Å². The van der Waals surface area contributed by atoms with Crippen LogP contribution in [0.2, 0.25) is 0 Å². The summed E-state index contributed by atoms with van der Waals surface area (Å²) >= 11 is 0. The zero-order valence-corrected chi connectivity index (χ0v) is 7.51. The van der Waals surface area contributed by atoms with Crippen LogP contribution in [0.25, 0.3) is 0 Å². The van der Waals surface area contributed by atoms with Crippen molar-refractivity contribution >= 4 is 0 Å². The molecule has 0 bridgehead atoms. The summed E-state index contributed by atoms with van der Waals surface area (Å²) in [6.07, 6.45) is 2.74. The zero-order chi connectivity index (χ0) is 8.69. The van der Waals surface area contributed by atoms with E-state index >= 15 is 0 Å². The van der Waals surface area contributed by atoms with Crippen LogP contribution in [0.3, 0.4) is 0 Å². The molecule has 0 aliphatic rings. The molecule has 3 nitrogen and oxygen atoms in total. The average Bonchev–Trinajstić information content (AvgIpc) is 1.87. The van der Waals surface area contributed by atoms with Crippen LogP contribution in [-0.4, -0.2) is 23.9 Å². The van der Waals surface area contributed by atoms with Gasteiger partial charge in [0.1, 0.15) is 6.23 Å². The lowest BCUT2D eigenvalue weighted by Gasteiger charge is -2.11. The van der Waals surface area contributed by atoms with E-state index in [1.165, 1.54) is 0 Å². The quantitative estimate of drug-likeness (QED) is 0.494. The molecular weight excluding hydrogens is 140 g/mol.